The zero-order valence-electron chi connectivity index (χ0n) is 13.2. The number of furan rings is 1. The van der Waals surface area contributed by atoms with Gasteiger partial charge in [0.05, 0.1) is 12.8 Å². The molecule has 0 aliphatic carbocycles. The van der Waals surface area contributed by atoms with Crippen LogP contribution < -0.4 is 20.1 Å². The van der Waals surface area contributed by atoms with Crippen molar-refractivity contribution in [3.8, 4) is 11.5 Å². The molecule has 3 heterocycles. The summed E-state index contributed by atoms with van der Waals surface area (Å²) in [6, 6.07) is 8.27. The Morgan fingerprint density at radius 1 is 1.12 bits per heavy atom. The molecular weight excluding hydrogens is 360 g/mol. The van der Waals surface area contributed by atoms with Crippen LogP contribution in [-0.4, -0.2) is 28.8 Å². The highest BCUT2D eigenvalue weighted by Crippen LogP contribution is 2.34. The molecule has 0 spiro atoms. The lowest BCUT2D eigenvalue weighted by Gasteiger charge is -2.03. The number of hydrogen-bond acceptors (Lipinski definition) is 8. The first-order chi connectivity index (χ1) is 12.7. The molecule has 26 heavy (non-hydrogen) atoms. The molecule has 0 atom stereocenters. The fourth-order valence-electron chi connectivity index (χ4n) is 2.23. The molecule has 1 aromatic carbocycles. The third kappa shape index (κ3) is 3.35. The van der Waals surface area contributed by atoms with E-state index in [9.17, 15) is 9.59 Å². The van der Waals surface area contributed by atoms with Crippen molar-refractivity contribution in [1.29, 1.82) is 0 Å². The van der Waals surface area contributed by atoms with Crippen molar-refractivity contribution in [2.24, 2.45) is 0 Å². The van der Waals surface area contributed by atoms with Gasteiger partial charge in [-0.05, 0) is 24.3 Å². The number of carbonyl (C=O) groups is 2. The van der Waals surface area contributed by atoms with Crippen molar-refractivity contribution < 1.29 is 23.5 Å². The molecule has 1 aliphatic heterocycles. The number of fused-ring (bicyclic) bond motifs is 1. The number of benzene rings is 1. The maximum atomic E-state index is 12.3. The molecule has 2 amide bonds. The number of ether oxygens (including phenoxy) is 2. The molecule has 0 saturated carbocycles. The molecule has 0 fully saturated rings. The van der Waals surface area contributed by atoms with Crippen molar-refractivity contribution in [2.75, 3.05) is 12.1 Å². The number of hydrogen-bond donors (Lipinski definition) is 2. The second-order valence-corrected chi connectivity index (χ2v) is 6.25. The summed E-state index contributed by atoms with van der Waals surface area (Å²) >= 11 is 1.09. The molecule has 1 aliphatic rings. The molecule has 10 heteroatoms. The van der Waals surface area contributed by atoms with Crippen molar-refractivity contribution in [3.05, 3.63) is 52.4 Å². The van der Waals surface area contributed by atoms with Gasteiger partial charge < -0.3 is 24.5 Å². The lowest BCUT2D eigenvalue weighted by Crippen LogP contribution is -2.22. The average molecular weight is 372 g/mol. The largest absolute Gasteiger partial charge is 0.459 e. The third-order valence-electron chi connectivity index (χ3n) is 3.44. The van der Waals surface area contributed by atoms with Crippen molar-refractivity contribution in [2.45, 2.75) is 6.54 Å². The summed E-state index contributed by atoms with van der Waals surface area (Å²) in [5.41, 5.74) is 0.558. The SMILES string of the molecule is O=C(NCc1nnc(C(=O)Nc2ccc3c(c2)OCO3)s1)c1ccco1. The van der Waals surface area contributed by atoms with E-state index in [1.807, 2.05) is 0 Å². The van der Waals surface area contributed by atoms with Gasteiger partial charge >= 0.3 is 0 Å². The lowest BCUT2D eigenvalue weighted by molar-refractivity contribution is 0.0922. The normalized spacial score (nSPS) is 12.0. The van der Waals surface area contributed by atoms with Crippen LogP contribution in [0, 0.1) is 0 Å². The van der Waals surface area contributed by atoms with Gasteiger partial charge in [-0.2, -0.15) is 0 Å². The van der Waals surface area contributed by atoms with Gasteiger partial charge in [-0.1, -0.05) is 11.3 Å². The van der Waals surface area contributed by atoms with Crippen LogP contribution in [0.1, 0.15) is 25.4 Å². The van der Waals surface area contributed by atoms with Gasteiger partial charge in [0, 0.05) is 11.8 Å². The fourth-order valence-corrected chi connectivity index (χ4v) is 2.90. The summed E-state index contributed by atoms with van der Waals surface area (Å²) in [7, 11) is 0. The first-order valence-corrected chi connectivity index (χ1v) is 8.36. The first-order valence-electron chi connectivity index (χ1n) is 7.54. The Balaban J connectivity index is 1.36. The summed E-state index contributed by atoms with van der Waals surface area (Å²) in [5, 5.41) is 13.8. The molecule has 0 saturated heterocycles. The van der Waals surface area contributed by atoms with Gasteiger partial charge in [0.2, 0.25) is 11.8 Å². The van der Waals surface area contributed by atoms with Crippen LogP contribution in [-0.2, 0) is 6.54 Å². The van der Waals surface area contributed by atoms with E-state index in [1.165, 1.54) is 6.26 Å². The molecule has 0 unspecified atom stereocenters. The molecule has 2 N–H and O–H groups in total. The van der Waals surface area contributed by atoms with Crippen molar-refractivity contribution >= 4 is 28.8 Å². The van der Waals surface area contributed by atoms with E-state index in [2.05, 4.69) is 20.8 Å². The number of nitrogens with one attached hydrogen (secondary N) is 2. The first kappa shape index (κ1) is 16.1. The lowest BCUT2D eigenvalue weighted by atomic mass is 10.3. The quantitative estimate of drug-likeness (QED) is 0.704. The zero-order chi connectivity index (χ0) is 17.9. The van der Waals surface area contributed by atoms with Gasteiger partial charge in [-0.15, -0.1) is 10.2 Å². The molecule has 0 bridgehead atoms. The van der Waals surface area contributed by atoms with Crippen LogP contribution in [0.2, 0.25) is 0 Å². The van der Waals surface area contributed by atoms with Crippen LogP contribution in [0.4, 0.5) is 5.69 Å². The molecule has 3 aromatic rings. The summed E-state index contributed by atoms with van der Waals surface area (Å²) in [4.78, 5) is 24.1. The predicted octanol–water partition coefficient (Wildman–Crippen LogP) is 2.04. The Morgan fingerprint density at radius 3 is 2.85 bits per heavy atom. The number of aromatic nitrogens is 2. The van der Waals surface area contributed by atoms with E-state index >= 15 is 0 Å². The highest BCUT2D eigenvalue weighted by molar-refractivity contribution is 7.13. The Bertz CT molecular complexity index is 953. The average Bonchev–Trinajstić information content (AvgIpc) is 3.40. The van der Waals surface area contributed by atoms with Gasteiger partial charge in [-0.25, -0.2) is 0 Å². The monoisotopic (exact) mass is 372 g/mol. The summed E-state index contributed by atoms with van der Waals surface area (Å²) in [6.45, 7) is 0.310. The molecule has 4 rings (SSSR count). The minimum atomic E-state index is -0.398. The molecular formula is C16H12N4O5S. The van der Waals surface area contributed by atoms with Crippen LogP contribution in [0.3, 0.4) is 0 Å². The zero-order valence-corrected chi connectivity index (χ0v) is 14.0. The molecule has 2 aromatic heterocycles. The van der Waals surface area contributed by atoms with Gasteiger partial charge in [0.1, 0.15) is 5.01 Å². The van der Waals surface area contributed by atoms with E-state index in [0.717, 1.165) is 11.3 Å². The Morgan fingerprint density at radius 2 is 2.00 bits per heavy atom. The van der Waals surface area contributed by atoms with Crippen molar-refractivity contribution in [1.82, 2.24) is 15.5 Å². The maximum absolute atomic E-state index is 12.3. The fraction of sp³-hybridized carbons (Fsp3) is 0.125. The van der Waals surface area contributed by atoms with Crippen LogP contribution >= 0.6 is 11.3 Å². The van der Waals surface area contributed by atoms with E-state index < -0.39 is 5.91 Å². The molecule has 9 nitrogen and oxygen atoms in total. The number of anilines is 1. The second-order valence-electron chi connectivity index (χ2n) is 5.18. The number of carbonyl (C=O) groups excluding carboxylic acids is 2. The Labute approximate surface area is 150 Å². The smallest absolute Gasteiger partial charge is 0.287 e. The Hall–Kier alpha value is -3.40. The topological polar surface area (TPSA) is 116 Å². The second kappa shape index (κ2) is 6.84. The van der Waals surface area contributed by atoms with Crippen molar-refractivity contribution in [3.63, 3.8) is 0 Å². The van der Waals surface area contributed by atoms with Gasteiger partial charge in [0.15, 0.2) is 17.3 Å². The van der Waals surface area contributed by atoms with E-state index in [4.69, 9.17) is 13.9 Å². The summed E-state index contributed by atoms with van der Waals surface area (Å²) < 4.78 is 15.5. The standard InChI is InChI=1S/C16H12N4O5S/c21-14(11-2-1-5-23-11)17-7-13-19-20-16(26-13)15(22)18-9-3-4-10-12(6-9)25-8-24-10/h1-6H,7-8H2,(H,17,21)(H,18,22). The third-order valence-corrected chi connectivity index (χ3v) is 4.36. The van der Waals surface area contributed by atoms with Crippen LogP contribution in [0.25, 0.3) is 0 Å². The minimum absolute atomic E-state index is 0.147. The van der Waals surface area contributed by atoms with Gasteiger partial charge in [0.25, 0.3) is 11.8 Å². The summed E-state index contributed by atoms with van der Waals surface area (Å²) in [6.07, 6.45) is 1.42. The van der Waals surface area contributed by atoms with E-state index in [1.54, 1.807) is 30.3 Å². The highest BCUT2D eigenvalue weighted by atomic mass is 32.1. The van der Waals surface area contributed by atoms with Crippen LogP contribution in [0.15, 0.2) is 41.0 Å². The predicted molar refractivity (Wildman–Crippen MR) is 90.3 cm³/mol. The highest BCUT2D eigenvalue weighted by Gasteiger charge is 2.17. The maximum Gasteiger partial charge on any atom is 0.287 e. The van der Waals surface area contributed by atoms with Gasteiger partial charge in [-0.3, -0.25) is 9.59 Å². The number of amides is 2. The minimum Gasteiger partial charge on any atom is -0.459 e. The Kier molecular flexibility index (Phi) is 4.23. The number of nitrogens with zero attached hydrogens (tertiary/aromatic N) is 2. The van der Waals surface area contributed by atoms with E-state index in [0.29, 0.717) is 22.2 Å². The molecule has 0 radical (unpaired) electrons. The van der Waals surface area contributed by atoms with Crippen LogP contribution in [0.5, 0.6) is 11.5 Å². The summed E-state index contributed by atoms with van der Waals surface area (Å²) in [5.74, 6) is 0.645. The number of rotatable bonds is 5. The van der Waals surface area contributed by atoms with E-state index in [-0.39, 0.29) is 30.0 Å². The molecule has 132 valence electrons.